The predicted octanol–water partition coefficient (Wildman–Crippen LogP) is 1.44. The predicted molar refractivity (Wildman–Crippen MR) is 95.6 cm³/mol. The fraction of sp³-hybridized carbons (Fsp3) is 0.611. The molecule has 0 radical (unpaired) electrons. The number of piperazine rings is 1. The third kappa shape index (κ3) is 5.84. The number of rotatable bonds is 8. The number of unbranched alkanes of at least 4 members (excludes halogenated alkanes) is 1. The molecule has 5 heteroatoms. The van der Waals surface area contributed by atoms with Crippen molar-refractivity contribution in [2.45, 2.75) is 32.2 Å². The van der Waals surface area contributed by atoms with Crippen LogP contribution in [-0.2, 0) is 4.79 Å². The summed E-state index contributed by atoms with van der Waals surface area (Å²) < 4.78 is 0. The Bertz CT molecular complexity index is 457. The van der Waals surface area contributed by atoms with Gasteiger partial charge in [-0.15, -0.1) is 0 Å². The number of carbonyl (C=O) groups excluding carboxylic acids is 1. The van der Waals surface area contributed by atoms with Crippen LogP contribution < -0.4 is 16.0 Å². The molecule has 1 atom stereocenters. The average Bonchev–Trinajstić information content (AvgIpc) is 2.61. The lowest BCUT2D eigenvalue weighted by Gasteiger charge is -2.36. The van der Waals surface area contributed by atoms with Gasteiger partial charge in [-0.3, -0.25) is 9.69 Å². The van der Waals surface area contributed by atoms with Gasteiger partial charge in [0.05, 0.1) is 6.04 Å². The van der Waals surface area contributed by atoms with Gasteiger partial charge in [0.15, 0.2) is 0 Å². The van der Waals surface area contributed by atoms with Gasteiger partial charge in [-0.05, 0) is 37.9 Å². The molecule has 0 aromatic heterocycles. The molecule has 128 valence electrons. The Kier molecular flexibility index (Phi) is 7.36. The molecule has 1 aliphatic rings. The van der Waals surface area contributed by atoms with Crippen LogP contribution in [0.25, 0.3) is 0 Å². The zero-order chi connectivity index (χ0) is 16.5. The van der Waals surface area contributed by atoms with Crippen molar-refractivity contribution in [2.75, 3.05) is 44.2 Å². The molecule has 1 aromatic rings. The van der Waals surface area contributed by atoms with Gasteiger partial charge in [0.2, 0.25) is 5.91 Å². The third-order valence-electron chi connectivity index (χ3n) is 4.47. The van der Waals surface area contributed by atoms with Crippen LogP contribution in [0.3, 0.4) is 0 Å². The Hall–Kier alpha value is -1.59. The van der Waals surface area contributed by atoms with E-state index in [9.17, 15) is 4.79 Å². The van der Waals surface area contributed by atoms with Crippen molar-refractivity contribution in [1.29, 1.82) is 0 Å². The van der Waals surface area contributed by atoms with Crippen LogP contribution in [-0.4, -0.2) is 56.1 Å². The molecule has 0 unspecified atom stereocenters. The highest BCUT2D eigenvalue weighted by atomic mass is 16.2. The molecule has 2 rings (SSSR count). The summed E-state index contributed by atoms with van der Waals surface area (Å²) in [6.45, 7) is 8.18. The molecule has 23 heavy (non-hydrogen) atoms. The Morgan fingerprint density at radius 3 is 2.52 bits per heavy atom. The first-order chi connectivity index (χ1) is 11.2. The van der Waals surface area contributed by atoms with E-state index in [2.05, 4.69) is 45.4 Å². The van der Waals surface area contributed by atoms with E-state index in [1.807, 2.05) is 6.92 Å². The Morgan fingerprint density at radius 1 is 1.17 bits per heavy atom. The number of para-hydroxylation sites is 1. The monoisotopic (exact) mass is 318 g/mol. The van der Waals surface area contributed by atoms with Crippen LogP contribution in [0.4, 0.5) is 5.69 Å². The summed E-state index contributed by atoms with van der Waals surface area (Å²) in [5.74, 6) is -0.0241. The number of carbonyl (C=O) groups is 1. The Morgan fingerprint density at radius 2 is 1.87 bits per heavy atom. The van der Waals surface area contributed by atoms with Gasteiger partial charge in [0.25, 0.3) is 0 Å². The van der Waals surface area contributed by atoms with E-state index in [0.29, 0.717) is 6.42 Å². The highest BCUT2D eigenvalue weighted by molar-refractivity contribution is 5.81. The molecule has 0 spiro atoms. The normalized spacial score (nSPS) is 17.0. The lowest BCUT2D eigenvalue weighted by Crippen LogP contribution is -2.46. The maximum absolute atomic E-state index is 11.6. The van der Waals surface area contributed by atoms with Crippen LogP contribution in [0, 0.1) is 0 Å². The van der Waals surface area contributed by atoms with E-state index >= 15 is 0 Å². The second kappa shape index (κ2) is 9.53. The van der Waals surface area contributed by atoms with E-state index in [1.165, 1.54) is 5.69 Å². The zero-order valence-corrected chi connectivity index (χ0v) is 14.2. The van der Waals surface area contributed by atoms with Gasteiger partial charge in [-0.2, -0.15) is 0 Å². The van der Waals surface area contributed by atoms with E-state index in [4.69, 9.17) is 5.73 Å². The van der Waals surface area contributed by atoms with Crippen LogP contribution in [0.5, 0.6) is 0 Å². The van der Waals surface area contributed by atoms with Crippen molar-refractivity contribution in [3.05, 3.63) is 30.3 Å². The molecule has 1 aromatic carbocycles. The van der Waals surface area contributed by atoms with Crippen LogP contribution in [0.1, 0.15) is 26.2 Å². The van der Waals surface area contributed by atoms with E-state index < -0.39 is 0 Å². The summed E-state index contributed by atoms with van der Waals surface area (Å²) in [6, 6.07) is 10.3. The van der Waals surface area contributed by atoms with Gasteiger partial charge >= 0.3 is 0 Å². The van der Waals surface area contributed by atoms with Crippen LogP contribution >= 0.6 is 0 Å². The second-order valence-electron chi connectivity index (χ2n) is 6.18. The average molecular weight is 318 g/mol. The number of nitrogens with two attached hydrogens (primary N) is 1. The number of hydrogen-bond acceptors (Lipinski definition) is 4. The molecule has 3 N–H and O–H groups in total. The van der Waals surface area contributed by atoms with Gasteiger partial charge in [0, 0.05) is 38.4 Å². The minimum absolute atomic E-state index is 0.0241. The summed E-state index contributed by atoms with van der Waals surface area (Å²) in [4.78, 5) is 16.5. The van der Waals surface area contributed by atoms with E-state index in [0.717, 1.165) is 52.1 Å². The second-order valence-corrected chi connectivity index (χ2v) is 6.18. The molecule has 5 nitrogen and oxygen atoms in total. The maximum Gasteiger partial charge on any atom is 0.236 e. The number of hydrogen-bond donors (Lipinski definition) is 2. The van der Waals surface area contributed by atoms with Crippen molar-refractivity contribution in [3.63, 3.8) is 0 Å². The molecule has 0 bridgehead atoms. The zero-order valence-electron chi connectivity index (χ0n) is 14.2. The fourth-order valence-electron chi connectivity index (χ4n) is 2.86. The van der Waals surface area contributed by atoms with Crippen molar-refractivity contribution < 1.29 is 4.79 Å². The summed E-state index contributed by atoms with van der Waals surface area (Å²) in [5.41, 5.74) is 7.01. The lowest BCUT2D eigenvalue weighted by atomic mass is 10.2. The van der Waals surface area contributed by atoms with Crippen molar-refractivity contribution >= 4 is 11.6 Å². The molecule has 1 saturated heterocycles. The van der Waals surface area contributed by atoms with Crippen molar-refractivity contribution in [3.8, 4) is 0 Å². The SMILES string of the molecule is CC[C@H](N)C(=O)NCCCCN1CCN(c2ccccc2)CC1. The Balaban J connectivity index is 1.56. The topological polar surface area (TPSA) is 61.6 Å². The van der Waals surface area contributed by atoms with Gasteiger partial charge in [-0.25, -0.2) is 0 Å². The van der Waals surface area contributed by atoms with Crippen LogP contribution in [0.2, 0.25) is 0 Å². The molecule has 0 aliphatic carbocycles. The van der Waals surface area contributed by atoms with Gasteiger partial charge in [0.1, 0.15) is 0 Å². The minimum Gasteiger partial charge on any atom is -0.369 e. The first-order valence-corrected chi connectivity index (χ1v) is 8.76. The van der Waals surface area contributed by atoms with Gasteiger partial charge in [-0.1, -0.05) is 25.1 Å². The maximum atomic E-state index is 11.6. The summed E-state index contributed by atoms with van der Waals surface area (Å²) in [5, 5.41) is 2.91. The van der Waals surface area contributed by atoms with Crippen molar-refractivity contribution in [2.24, 2.45) is 5.73 Å². The number of nitrogens with one attached hydrogen (secondary N) is 1. The van der Waals surface area contributed by atoms with E-state index in [1.54, 1.807) is 0 Å². The number of nitrogens with zero attached hydrogens (tertiary/aromatic N) is 2. The highest BCUT2D eigenvalue weighted by Gasteiger charge is 2.16. The first-order valence-electron chi connectivity index (χ1n) is 8.76. The number of anilines is 1. The summed E-state index contributed by atoms with van der Waals surface area (Å²) in [6.07, 6.45) is 2.82. The Labute approximate surface area is 139 Å². The smallest absolute Gasteiger partial charge is 0.236 e. The molecular formula is C18H30N4O. The van der Waals surface area contributed by atoms with Crippen molar-refractivity contribution in [1.82, 2.24) is 10.2 Å². The van der Waals surface area contributed by atoms with Gasteiger partial charge < -0.3 is 16.0 Å². The molecule has 1 aliphatic heterocycles. The molecule has 1 fully saturated rings. The lowest BCUT2D eigenvalue weighted by molar-refractivity contribution is -0.122. The molecule has 1 heterocycles. The minimum atomic E-state index is -0.360. The molecule has 0 saturated carbocycles. The number of benzene rings is 1. The molecule has 1 amide bonds. The quantitative estimate of drug-likeness (QED) is 0.712. The van der Waals surface area contributed by atoms with Crippen LogP contribution in [0.15, 0.2) is 30.3 Å². The third-order valence-corrected chi connectivity index (χ3v) is 4.47. The standard InChI is InChI=1S/C18H30N4O/c1-2-17(19)18(23)20-10-6-7-11-21-12-14-22(15-13-21)16-8-4-3-5-9-16/h3-5,8-9,17H,2,6-7,10-15,19H2,1H3,(H,20,23)/t17-/m0/s1. The summed E-state index contributed by atoms with van der Waals surface area (Å²) in [7, 11) is 0. The molecular weight excluding hydrogens is 288 g/mol. The summed E-state index contributed by atoms with van der Waals surface area (Å²) >= 11 is 0. The highest BCUT2D eigenvalue weighted by Crippen LogP contribution is 2.15. The largest absolute Gasteiger partial charge is 0.369 e. The van der Waals surface area contributed by atoms with E-state index in [-0.39, 0.29) is 11.9 Å². The number of amides is 1. The fourth-order valence-corrected chi connectivity index (χ4v) is 2.86. The first kappa shape index (κ1) is 17.8.